The molecule has 3 aromatic rings. The van der Waals surface area contributed by atoms with Crippen LogP contribution in [0.2, 0.25) is 5.02 Å². The number of benzene rings is 1. The number of halogens is 1. The van der Waals surface area contributed by atoms with E-state index in [9.17, 15) is 0 Å². The first-order valence-corrected chi connectivity index (χ1v) is 7.09. The van der Waals surface area contributed by atoms with Gasteiger partial charge in [-0.3, -0.25) is 5.10 Å². The monoisotopic (exact) mass is 307 g/mol. The van der Waals surface area contributed by atoms with Gasteiger partial charge in [-0.2, -0.15) is 10.1 Å². The fourth-order valence-corrected chi connectivity index (χ4v) is 2.43. The van der Waals surface area contributed by atoms with Gasteiger partial charge >= 0.3 is 0 Å². The Morgan fingerprint density at radius 1 is 1.30 bits per heavy atom. The minimum Gasteiger partial charge on any atom is -0.383 e. The molecule has 0 amide bonds. The van der Waals surface area contributed by atoms with E-state index in [2.05, 4.69) is 20.3 Å². The molecular weight excluding hydrogens is 298 g/mol. The summed E-state index contributed by atoms with van der Waals surface area (Å²) in [4.78, 5) is 5.37. The number of aromatic amines is 1. The summed E-state index contributed by atoms with van der Waals surface area (Å²) in [5.74, 6) is 1.97. The molecule has 0 aliphatic rings. The van der Waals surface area contributed by atoms with Gasteiger partial charge < -0.3 is 10.3 Å². The predicted octanol–water partition coefficient (Wildman–Crippen LogP) is 2.99. The summed E-state index contributed by atoms with van der Waals surface area (Å²) in [5, 5.41) is 11.1. The third-order valence-corrected chi connectivity index (χ3v) is 3.81. The smallest absolute Gasteiger partial charge is 0.263 e. The number of hydrogen-bond donors (Lipinski definition) is 2. The first kappa shape index (κ1) is 13.0. The number of H-pyrrole nitrogens is 1. The molecule has 2 aromatic heterocycles. The van der Waals surface area contributed by atoms with Crippen molar-refractivity contribution in [3.8, 4) is 11.5 Å². The zero-order valence-electron chi connectivity index (χ0n) is 10.2. The topological polar surface area (TPSA) is 93.6 Å². The first-order chi connectivity index (χ1) is 9.72. The Balaban J connectivity index is 1.69. The molecular formula is C12H10ClN5OS. The minimum atomic E-state index is 0.364. The maximum atomic E-state index is 5.83. The van der Waals surface area contributed by atoms with Gasteiger partial charge in [0.05, 0.1) is 11.9 Å². The number of aromatic nitrogens is 4. The van der Waals surface area contributed by atoms with E-state index in [4.69, 9.17) is 21.9 Å². The molecule has 20 heavy (non-hydrogen) atoms. The minimum absolute atomic E-state index is 0.364. The van der Waals surface area contributed by atoms with Crippen LogP contribution in [0.5, 0.6) is 0 Å². The Morgan fingerprint density at radius 3 is 2.80 bits per heavy atom. The van der Waals surface area contributed by atoms with Crippen molar-refractivity contribution in [2.75, 3.05) is 5.73 Å². The maximum Gasteiger partial charge on any atom is 0.263 e. The third kappa shape index (κ3) is 2.78. The lowest BCUT2D eigenvalue weighted by Crippen LogP contribution is -1.88. The van der Waals surface area contributed by atoms with Crippen molar-refractivity contribution in [2.45, 2.75) is 10.6 Å². The van der Waals surface area contributed by atoms with Crippen molar-refractivity contribution in [2.24, 2.45) is 0 Å². The van der Waals surface area contributed by atoms with Crippen molar-refractivity contribution in [1.82, 2.24) is 20.3 Å². The normalized spacial score (nSPS) is 10.8. The average Bonchev–Trinajstić information content (AvgIpc) is 3.06. The SMILES string of the molecule is Nc1[nH]ncc1-c1nc(CSc2ccc(Cl)cc2)no1. The molecule has 102 valence electrons. The van der Waals surface area contributed by atoms with Crippen LogP contribution >= 0.6 is 23.4 Å². The van der Waals surface area contributed by atoms with Crippen LogP contribution in [0.1, 0.15) is 5.82 Å². The molecule has 0 saturated carbocycles. The molecule has 0 bridgehead atoms. The van der Waals surface area contributed by atoms with Crippen molar-refractivity contribution >= 4 is 29.2 Å². The second-order valence-electron chi connectivity index (χ2n) is 3.96. The van der Waals surface area contributed by atoms with E-state index in [1.165, 1.54) is 0 Å². The molecule has 0 fully saturated rings. The highest BCUT2D eigenvalue weighted by Crippen LogP contribution is 2.25. The molecule has 0 radical (unpaired) electrons. The van der Waals surface area contributed by atoms with Crippen LogP contribution in [0, 0.1) is 0 Å². The van der Waals surface area contributed by atoms with Crippen LogP contribution in [0.3, 0.4) is 0 Å². The highest BCUT2D eigenvalue weighted by Gasteiger charge is 2.13. The molecule has 3 N–H and O–H groups in total. The van der Waals surface area contributed by atoms with Crippen LogP contribution in [0.4, 0.5) is 5.82 Å². The highest BCUT2D eigenvalue weighted by molar-refractivity contribution is 7.98. The molecule has 1 aromatic carbocycles. The lowest BCUT2D eigenvalue weighted by molar-refractivity contribution is 0.425. The van der Waals surface area contributed by atoms with Gasteiger partial charge in [0.1, 0.15) is 11.4 Å². The Kier molecular flexibility index (Phi) is 3.62. The lowest BCUT2D eigenvalue weighted by atomic mass is 10.3. The van der Waals surface area contributed by atoms with Crippen LogP contribution in [-0.2, 0) is 5.75 Å². The summed E-state index contributed by atoms with van der Waals surface area (Å²) in [5.41, 5.74) is 6.31. The molecule has 0 spiro atoms. The number of anilines is 1. The summed E-state index contributed by atoms with van der Waals surface area (Å²) < 4.78 is 5.16. The Labute approximate surface area is 123 Å². The number of nitrogens with two attached hydrogens (primary N) is 1. The van der Waals surface area contributed by atoms with Gasteiger partial charge in [-0.1, -0.05) is 16.8 Å². The number of hydrogen-bond acceptors (Lipinski definition) is 6. The van der Waals surface area contributed by atoms with Gasteiger partial charge in [0, 0.05) is 9.92 Å². The van der Waals surface area contributed by atoms with Crippen molar-refractivity contribution in [1.29, 1.82) is 0 Å². The van der Waals surface area contributed by atoms with Crippen LogP contribution in [0.15, 0.2) is 39.9 Å². The summed E-state index contributed by atoms with van der Waals surface area (Å²) in [7, 11) is 0. The standard InChI is InChI=1S/C12H10ClN5OS/c13-7-1-3-8(4-2-7)20-6-10-16-12(19-18-10)9-5-15-17-11(9)14/h1-5H,6H2,(H3,14,15,17). The number of rotatable bonds is 4. The van der Waals surface area contributed by atoms with Crippen LogP contribution < -0.4 is 5.73 Å². The second-order valence-corrected chi connectivity index (χ2v) is 5.44. The van der Waals surface area contributed by atoms with E-state index in [0.29, 0.717) is 33.9 Å². The zero-order valence-corrected chi connectivity index (χ0v) is 11.8. The molecule has 0 atom stereocenters. The van der Waals surface area contributed by atoms with Gasteiger partial charge in [-0.05, 0) is 24.3 Å². The molecule has 0 aliphatic carbocycles. The molecule has 3 rings (SSSR count). The fraction of sp³-hybridized carbons (Fsp3) is 0.0833. The van der Waals surface area contributed by atoms with E-state index in [-0.39, 0.29) is 0 Å². The van der Waals surface area contributed by atoms with Gasteiger partial charge in [0.2, 0.25) is 0 Å². The Morgan fingerprint density at radius 2 is 2.10 bits per heavy atom. The van der Waals surface area contributed by atoms with E-state index in [0.717, 1.165) is 4.90 Å². The van der Waals surface area contributed by atoms with Crippen LogP contribution in [-0.4, -0.2) is 20.3 Å². The molecule has 8 heteroatoms. The van der Waals surface area contributed by atoms with Crippen molar-refractivity contribution in [3.05, 3.63) is 41.3 Å². The van der Waals surface area contributed by atoms with E-state index in [1.807, 2.05) is 24.3 Å². The van der Waals surface area contributed by atoms with Crippen molar-refractivity contribution in [3.63, 3.8) is 0 Å². The predicted molar refractivity (Wildman–Crippen MR) is 77.3 cm³/mol. The fourth-order valence-electron chi connectivity index (χ4n) is 1.57. The van der Waals surface area contributed by atoms with E-state index in [1.54, 1.807) is 18.0 Å². The van der Waals surface area contributed by atoms with Crippen molar-refractivity contribution < 1.29 is 4.52 Å². The summed E-state index contributed by atoms with van der Waals surface area (Å²) in [6, 6.07) is 7.58. The third-order valence-electron chi connectivity index (χ3n) is 2.55. The van der Waals surface area contributed by atoms with Gasteiger partial charge in [0.25, 0.3) is 5.89 Å². The number of nitrogen functional groups attached to an aromatic ring is 1. The summed E-state index contributed by atoms with van der Waals surface area (Å²) >= 11 is 7.43. The molecule has 0 saturated heterocycles. The zero-order chi connectivity index (χ0) is 13.9. The second kappa shape index (κ2) is 5.56. The van der Waals surface area contributed by atoms with E-state index >= 15 is 0 Å². The summed E-state index contributed by atoms with van der Waals surface area (Å²) in [6.45, 7) is 0. The molecule has 2 heterocycles. The number of nitrogens with zero attached hydrogens (tertiary/aromatic N) is 3. The Hall–Kier alpha value is -1.99. The van der Waals surface area contributed by atoms with Gasteiger partial charge in [-0.25, -0.2) is 0 Å². The molecule has 6 nitrogen and oxygen atoms in total. The number of nitrogens with one attached hydrogen (secondary N) is 1. The first-order valence-electron chi connectivity index (χ1n) is 5.72. The van der Waals surface area contributed by atoms with Gasteiger partial charge in [-0.15, -0.1) is 11.8 Å². The highest BCUT2D eigenvalue weighted by atomic mass is 35.5. The molecule has 0 unspecified atom stereocenters. The largest absolute Gasteiger partial charge is 0.383 e. The van der Waals surface area contributed by atoms with Gasteiger partial charge in [0.15, 0.2) is 5.82 Å². The van der Waals surface area contributed by atoms with E-state index < -0.39 is 0 Å². The van der Waals surface area contributed by atoms with Crippen LogP contribution in [0.25, 0.3) is 11.5 Å². The average molecular weight is 308 g/mol. The number of thioether (sulfide) groups is 1. The lowest BCUT2D eigenvalue weighted by Gasteiger charge is -1.97. The maximum absolute atomic E-state index is 5.83. The Bertz CT molecular complexity index is 709. The molecule has 0 aliphatic heterocycles. The quantitative estimate of drug-likeness (QED) is 0.720. The summed E-state index contributed by atoms with van der Waals surface area (Å²) in [6.07, 6.45) is 1.55.